The van der Waals surface area contributed by atoms with E-state index in [1.165, 1.54) is 0 Å². The largest absolute Gasteiger partial charge is 0.389 e. The third-order valence-corrected chi connectivity index (χ3v) is 3.15. The maximum absolute atomic E-state index is 9.80. The van der Waals surface area contributed by atoms with Gasteiger partial charge in [0.05, 0.1) is 37.1 Å². The molecule has 0 rings (SSSR count). The molecule has 3 N–H and O–H groups in total. The topological polar surface area (TPSA) is 74.2 Å². The number of aliphatic hydroxyl groups is 2. The first kappa shape index (κ1) is 21.8. The third-order valence-electron chi connectivity index (χ3n) is 3.15. The molecule has 0 aromatic carbocycles. The fraction of sp³-hybridized carbons (Fsp3) is 1.00. The Morgan fingerprint density at radius 1 is 1.09 bits per heavy atom. The number of hydrogen-bond acceptors (Lipinski definition) is 6. The van der Waals surface area contributed by atoms with E-state index in [-0.39, 0.29) is 11.7 Å². The van der Waals surface area contributed by atoms with Crippen molar-refractivity contribution in [3.8, 4) is 0 Å². The minimum Gasteiger partial charge on any atom is -0.389 e. The van der Waals surface area contributed by atoms with E-state index in [0.717, 1.165) is 13.0 Å². The number of hydrogen-bond donors (Lipinski definition) is 3. The van der Waals surface area contributed by atoms with Crippen molar-refractivity contribution in [1.29, 1.82) is 0 Å². The molecule has 2 atom stereocenters. The van der Waals surface area contributed by atoms with Gasteiger partial charge >= 0.3 is 0 Å². The molecule has 134 valence electrons. The van der Waals surface area contributed by atoms with Gasteiger partial charge in [-0.3, -0.25) is 0 Å². The molecule has 0 radical (unpaired) electrons. The summed E-state index contributed by atoms with van der Waals surface area (Å²) in [4.78, 5) is 1.93. The molecule has 0 amide bonds. The highest BCUT2D eigenvalue weighted by Crippen LogP contribution is 2.14. The second-order valence-corrected chi connectivity index (χ2v) is 6.98. The van der Waals surface area contributed by atoms with Gasteiger partial charge in [0.2, 0.25) is 0 Å². The van der Waals surface area contributed by atoms with Gasteiger partial charge in [-0.25, -0.2) is 0 Å². The Morgan fingerprint density at radius 3 is 2.27 bits per heavy atom. The molecule has 0 heterocycles. The minimum atomic E-state index is -0.492. The maximum atomic E-state index is 9.80. The lowest BCUT2D eigenvalue weighted by Crippen LogP contribution is -2.38. The van der Waals surface area contributed by atoms with Gasteiger partial charge in [0.25, 0.3) is 0 Å². The van der Waals surface area contributed by atoms with E-state index in [4.69, 9.17) is 9.47 Å². The molecule has 6 nitrogen and oxygen atoms in total. The zero-order valence-electron chi connectivity index (χ0n) is 15.1. The maximum Gasteiger partial charge on any atom is 0.0900 e. The summed E-state index contributed by atoms with van der Waals surface area (Å²) in [6.45, 7) is 10.4. The predicted molar refractivity (Wildman–Crippen MR) is 89.2 cm³/mol. The number of nitrogens with one attached hydrogen (secondary N) is 1. The van der Waals surface area contributed by atoms with Gasteiger partial charge in [-0.05, 0) is 54.8 Å². The summed E-state index contributed by atoms with van der Waals surface area (Å²) >= 11 is 0. The number of aliphatic hydroxyl groups excluding tert-OH is 2. The van der Waals surface area contributed by atoms with E-state index in [1.807, 2.05) is 46.7 Å². The molecular formula is C16H36N2O4. The van der Waals surface area contributed by atoms with Gasteiger partial charge < -0.3 is 29.9 Å². The van der Waals surface area contributed by atoms with Crippen molar-refractivity contribution in [1.82, 2.24) is 10.2 Å². The lowest BCUT2D eigenvalue weighted by molar-refractivity contribution is -0.0671. The molecule has 0 aromatic rings. The van der Waals surface area contributed by atoms with E-state index in [0.29, 0.717) is 26.3 Å². The van der Waals surface area contributed by atoms with Crippen molar-refractivity contribution in [3.63, 3.8) is 0 Å². The van der Waals surface area contributed by atoms with Crippen LogP contribution in [0, 0.1) is 0 Å². The Bertz CT molecular complexity index is 273. The zero-order valence-corrected chi connectivity index (χ0v) is 15.1. The van der Waals surface area contributed by atoms with E-state index >= 15 is 0 Å². The third kappa shape index (κ3) is 13.4. The average Bonchev–Trinajstić information content (AvgIpc) is 2.38. The van der Waals surface area contributed by atoms with Crippen LogP contribution >= 0.6 is 0 Å². The molecule has 22 heavy (non-hydrogen) atoms. The highest BCUT2D eigenvalue weighted by Gasteiger charge is 2.20. The second-order valence-electron chi connectivity index (χ2n) is 6.98. The quantitative estimate of drug-likeness (QED) is 0.428. The van der Waals surface area contributed by atoms with Crippen molar-refractivity contribution < 1.29 is 19.7 Å². The van der Waals surface area contributed by atoms with Crippen LogP contribution in [-0.4, -0.2) is 86.0 Å². The first-order chi connectivity index (χ1) is 10.1. The first-order valence-electron chi connectivity index (χ1n) is 8.09. The summed E-state index contributed by atoms with van der Waals surface area (Å²) in [6.07, 6.45) is -0.0273. The number of rotatable bonds is 13. The van der Waals surface area contributed by atoms with Crippen LogP contribution in [-0.2, 0) is 9.47 Å². The van der Waals surface area contributed by atoms with Gasteiger partial charge in [0.15, 0.2) is 0 Å². The highest BCUT2D eigenvalue weighted by molar-refractivity contribution is 4.72. The van der Waals surface area contributed by atoms with E-state index in [2.05, 4.69) is 5.32 Å². The Balaban J connectivity index is 3.75. The van der Waals surface area contributed by atoms with E-state index in [1.54, 1.807) is 0 Å². The summed E-state index contributed by atoms with van der Waals surface area (Å²) in [5.41, 5.74) is -0.306. The molecule has 0 saturated heterocycles. The Labute approximate surface area is 135 Å². The molecule has 0 spiro atoms. The highest BCUT2D eigenvalue weighted by atomic mass is 16.5. The van der Waals surface area contributed by atoms with Crippen molar-refractivity contribution in [2.24, 2.45) is 0 Å². The SMILES string of the molecule is CC(C)OC[C@@H](O)CNCCC(C)(C)OCC(O)CN(C)C. The Hall–Kier alpha value is -0.240. The fourth-order valence-corrected chi connectivity index (χ4v) is 1.89. The molecule has 0 fully saturated rings. The summed E-state index contributed by atoms with van der Waals surface area (Å²) < 4.78 is 11.1. The van der Waals surface area contributed by atoms with Crippen molar-refractivity contribution in [2.75, 3.05) is 46.9 Å². The molecule has 0 aliphatic carbocycles. The van der Waals surface area contributed by atoms with Gasteiger partial charge in [0.1, 0.15) is 0 Å². The van der Waals surface area contributed by atoms with Crippen LogP contribution in [0.4, 0.5) is 0 Å². The van der Waals surface area contributed by atoms with Crippen LogP contribution in [0.15, 0.2) is 0 Å². The smallest absolute Gasteiger partial charge is 0.0900 e. The van der Waals surface area contributed by atoms with Gasteiger partial charge in [-0.2, -0.15) is 0 Å². The monoisotopic (exact) mass is 320 g/mol. The Kier molecular flexibility index (Phi) is 11.2. The van der Waals surface area contributed by atoms with Crippen molar-refractivity contribution in [3.05, 3.63) is 0 Å². The van der Waals surface area contributed by atoms with Crippen LogP contribution in [0.3, 0.4) is 0 Å². The molecule has 0 saturated carbocycles. The summed E-state index contributed by atoms with van der Waals surface area (Å²) in [5.74, 6) is 0. The Morgan fingerprint density at radius 2 is 1.73 bits per heavy atom. The molecule has 0 aliphatic rings. The van der Waals surface area contributed by atoms with Crippen molar-refractivity contribution in [2.45, 2.75) is 58.0 Å². The van der Waals surface area contributed by atoms with E-state index < -0.39 is 12.2 Å². The first-order valence-corrected chi connectivity index (χ1v) is 8.09. The predicted octanol–water partition coefficient (Wildman–Crippen LogP) is 0.470. The normalized spacial score (nSPS) is 15.5. The van der Waals surface area contributed by atoms with Gasteiger partial charge in [-0.1, -0.05) is 0 Å². The van der Waals surface area contributed by atoms with Crippen molar-refractivity contribution >= 4 is 0 Å². The second kappa shape index (κ2) is 11.3. The van der Waals surface area contributed by atoms with Crippen LogP contribution in [0.2, 0.25) is 0 Å². The minimum absolute atomic E-state index is 0.135. The van der Waals surface area contributed by atoms with Crippen LogP contribution in [0.5, 0.6) is 0 Å². The molecule has 0 aromatic heterocycles. The molecule has 0 aliphatic heterocycles. The van der Waals surface area contributed by atoms with E-state index in [9.17, 15) is 10.2 Å². The molecule has 1 unspecified atom stereocenters. The number of likely N-dealkylation sites (N-methyl/N-ethyl adjacent to an activating group) is 1. The lowest BCUT2D eigenvalue weighted by atomic mass is 10.1. The fourth-order valence-electron chi connectivity index (χ4n) is 1.89. The molecular weight excluding hydrogens is 284 g/mol. The number of ether oxygens (including phenoxy) is 2. The zero-order chi connectivity index (χ0) is 17.2. The summed E-state index contributed by atoms with van der Waals surface area (Å²) in [7, 11) is 3.85. The van der Waals surface area contributed by atoms with Gasteiger partial charge in [-0.15, -0.1) is 0 Å². The van der Waals surface area contributed by atoms with Gasteiger partial charge in [0, 0.05) is 13.1 Å². The standard InChI is InChI=1S/C16H36N2O4/c1-13(2)21-11-14(19)9-17-8-7-16(3,4)22-12-15(20)10-18(5)6/h13-15,17,19-20H,7-12H2,1-6H3/t14-,15?/m0/s1. The average molecular weight is 320 g/mol. The summed E-state index contributed by atoms with van der Waals surface area (Å²) in [5, 5.41) is 22.7. The number of nitrogens with zero attached hydrogens (tertiary/aromatic N) is 1. The molecule has 0 bridgehead atoms. The van der Waals surface area contributed by atoms with Crippen LogP contribution < -0.4 is 5.32 Å². The summed E-state index contributed by atoms with van der Waals surface area (Å²) in [6, 6.07) is 0. The van der Waals surface area contributed by atoms with Crippen LogP contribution in [0.25, 0.3) is 0 Å². The van der Waals surface area contributed by atoms with Crippen LogP contribution in [0.1, 0.15) is 34.1 Å². The lowest BCUT2D eigenvalue weighted by Gasteiger charge is -2.28. The molecule has 6 heteroatoms.